The van der Waals surface area contributed by atoms with Crippen molar-refractivity contribution in [3.8, 4) is 5.69 Å². The molecule has 0 unspecified atom stereocenters. The zero-order chi connectivity index (χ0) is 21.9. The van der Waals surface area contributed by atoms with Gasteiger partial charge in [0.1, 0.15) is 0 Å². The number of hydrogen-bond donors (Lipinski definition) is 1. The number of nitrogens with one attached hydrogen (secondary N) is 1. The lowest BCUT2D eigenvalue weighted by Crippen LogP contribution is -2.25. The standard InChI is InChI=1S/C24H30N8/c1-18-16-20(19(2)32(18)21-10-4-3-5-11-21)17-25-29-22-26-23(30-12-6-7-13-30)28-24(27-22)31-14-8-9-15-31/h3-5,10-11,16-17H,6-9,12-15H2,1-2H3,(H,26,27,28,29)/b25-17+. The summed E-state index contributed by atoms with van der Waals surface area (Å²) in [6.07, 6.45) is 6.58. The molecule has 0 atom stereocenters. The molecule has 2 aliphatic heterocycles. The molecule has 3 aromatic rings. The fraction of sp³-hybridized carbons (Fsp3) is 0.417. The number of benzene rings is 1. The van der Waals surface area contributed by atoms with Crippen LogP contribution < -0.4 is 15.2 Å². The Morgan fingerprint density at radius 1 is 0.844 bits per heavy atom. The molecule has 166 valence electrons. The Morgan fingerprint density at radius 3 is 2.03 bits per heavy atom. The van der Waals surface area contributed by atoms with Gasteiger partial charge in [-0.15, -0.1) is 0 Å². The third-order valence-corrected chi connectivity index (χ3v) is 6.24. The molecule has 5 rings (SSSR count). The molecular weight excluding hydrogens is 400 g/mol. The number of hydrogen-bond acceptors (Lipinski definition) is 7. The maximum atomic E-state index is 4.76. The monoisotopic (exact) mass is 430 g/mol. The summed E-state index contributed by atoms with van der Waals surface area (Å²) in [6.45, 7) is 8.22. The minimum atomic E-state index is 0.497. The molecule has 8 nitrogen and oxygen atoms in total. The second kappa shape index (κ2) is 8.98. The molecule has 0 spiro atoms. The van der Waals surface area contributed by atoms with Gasteiger partial charge in [0.2, 0.25) is 17.8 Å². The number of hydrazone groups is 1. The fourth-order valence-corrected chi connectivity index (χ4v) is 4.57. The molecule has 1 aromatic carbocycles. The first-order valence-corrected chi connectivity index (χ1v) is 11.5. The minimum absolute atomic E-state index is 0.497. The van der Waals surface area contributed by atoms with Gasteiger partial charge in [-0.05, 0) is 57.7 Å². The molecule has 0 bridgehead atoms. The number of rotatable bonds is 6. The first-order chi connectivity index (χ1) is 15.7. The molecule has 0 saturated carbocycles. The average molecular weight is 431 g/mol. The van der Waals surface area contributed by atoms with Gasteiger partial charge in [-0.1, -0.05) is 18.2 Å². The van der Waals surface area contributed by atoms with Crippen molar-refractivity contribution in [2.24, 2.45) is 5.10 Å². The van der Waals surface area contributed by atoms with E-state index in [1.807, 2.05) is 12.3 Å². The van der Waals surface area contributed by atoms with E-state index in [0.717, 1.165) is 55.0 Å². The molecule has 0 amide bonds. The number of anilines is 3. The summed E-state index contributed by atoms with van der Waals surface area (Å²) in [5.41, 5.74) is 7.59. The molecule has 0 radical (unpaired) electrons. The van der Waals surface area contributed by atoms with Crippen LogP contribution in [-0.2, 0) is 0 Å². The normalized spacial score (nSPS) is 16.4. The van der Waals surface area contributed by atoms with E-state index in [2.05, 4.69) is 79.0 Å². The zero-order valence-corrected chi connectivity index (χ0v) is 18.8. The number of aryl methyl sites for hydroxylation is 1. The Balaban J connectivity index is 1.38. The van der Waals surface area contributed by atoms with Gasteiger partial charge in [0.15, 0.2) is 0 Å². The van der Waals surface area contributed by atoms with Crippen molar-refractivity contribution in [2.75, 3.05) is 41.4 Å². The smallest absolute Gasteiger partial charge is 0.250 e. The Morgan fingerprint density at radius 2 is 1.44 bits per heavy atom. The fourth-order valence-electron chi connectivity index (χ4n) is 4.57. The highest BCUT2D eigenvalue weighted by Gasteiger charge is 2.21. The molecule has 8 heteroatoms. The van der Waals surface area contributed by atoms with Crippen LogP contribution in [0, 0.1) is 13.8 Å². The van der Waals surface area contributed by atoms with Crippen LogP contribution in [0.1, 0.15) is 42.6 Å². The van der Waals surface area contributed by atoms with Crippen LogP contribution in [0.5, 0.6) is 0 Å². The Kier molecular flexibility index (Phi) is 5.75. The van der Waals surface area contributed by atoms with E-state index in [1.165, 1.54) is 31.4 Å². The Bertz CT molecular complexity index is 1060. The van der Waals surface area contributed by atoms with Crippen LogP contribution in [0.4, 0.5) is 17.8 Å². The number of para-hydroxylation sites is 1. The van der Waals surface area contributed by atoms with Crippen LogP contribution in [0.25, 0.3) is 5.69 Å². The van der Waals surface area contributed by atoms with Crippen molar-refractivity contribution < 1.29 is 0 Å². The van der Waals surface area contributed by atoms with Crippen LogP contribution in [0.2, 0.25) is 0 Å². The summed E-state index contributed by atoms with van der Waals surface area (Å²) < 4.78 is 2.24. The highest BCUT2D eigenvalue weighted by molar-refractivity contribution is 5.82. The lowest BCUT2D eigenvalue weighted by atomic mass is 10.2. The molecule has 2 aliphatic rings. The van der Waals surface area contributed by atoms with E-state index in [9.17, 15) is 0 Å². The SMILES string of the molecule is Cc1cc(/C=N/Nc2nc(N3CCCC3)nc(N3CCCC3)n2)c(C)n1-c1ccccc1. The number of aromatic nitrogens is 4. The quantitative estimate of drug-likeness (QED) is 0.472. The molecule has 2 saturated heterocycles. The van der Waals surface area contributed by atoms with Crippen LogP contribution >= 0.6 is 0 Å². The molecule has 2 fully saturated rings. The molecular formula is C24H30N8. The van der Waals surface area contributed by atoms with Gasteiger partial charge in [0, 0.05) is 48.8 Å². The molecule has 4 heterocycles. The average Bonchev–Trinajstić information content (AvgIpc) is 3.57. The van der Waals surface area contributed by atoms with Gasteiger partial charge >= 0.3 is 0 Å². The predicted octanol–water partition coefficient (Wildman–Crippen LogP) is 3.93. The van der Waals surface area contributed by atoms with Crippen molar-refractivity contribution in [3.05, 3.63) is 53.3 Å². The Labute approximate surface area is 189 Å². The van der Waals surface area contributed by atoms with Crippen LogP contribution in [0.3, 0.4) is 0 Å². The summed E-state index contributed by atoms with van der Waals surface area (Å²) >= 11 is 0. The molecule has 1 N–H and O–H groups in total. The van der Waals surface area contributed by atoms with Crippen molar-refractivity contribution in [1.82, 2.24) is 19.5 Å². The van der Waals surface area contributed by atoms with E-state index in [1.54, 1.807) is 0 Å². The summed E-state index contributed by atoms with van der Waals surface area (Å²) in [7, 11) is 0. The third-order valence-electron chi connectivity index (χ3n) is 6.24. The van der Waals surface area contributed by atoms with Gasteiger partial charge in [-0.2, -0.15) is 20.1 Å². The number of nitrogens with zero attached hydrogens (tertiary/aromatic N) is 7. The maximum Gasteiger partial charge on any atom is 0.250 e. The van der Waals surface area contributed by atoms with E-state index in [-0.39, 0.29) is 0 Å². The van der Waals surface area contributed by atoms with E-state index in [4.69, 9.17) is 4.98 Å². The first kappa shape index (κ1) is 20.5. The largest absolute Gasteiger partial charge is 0.341 e. The highest BCUT2D eigenvalue weighted by Crippen LogP contribution is 2.23. The predicted molar refractivity (Wildman–Crippen MR) is 129 cm³/mol. The first-order valence-electron chi connectivity index (χ1n) is 11.5. The van der Waals surface area contributed by atoms with Crippen LogP contribution in [0.15, 0.2) is 41.5 Å². The molecule has 2 aromatic heterocycles. The van der Waals surface area contributed by atoms with Crippen molar-refractivity contribution in [3.63, 3.8) is 0 Å². The van der Waals surface area contributed by atoms with Crippen molar-refractivity contribution in [2.45, 2.75) is 39.5 Å². The summed E-state index contributed by atoms with van der Waals surface area (Å²) in [5.74, 6) is 2.00. The van der Waals surface area contributed by atoms with E-state index in [0.29, 0.717) is 5.95 Å². The second-order valence-electron chi connectivity index (χ2n) is 8.51. The van der Waals surface area contributed by atoms with E-state index < -0.39 is 0 Å². The second-order valence-corrected chi connectivity index (χ2v) is 8.51. The van der Waals surface area contributed by atoms with Gasteiger partial charge in [-0.25, -0.2) is 5.43 Å². The van der Waals surface area contributed by atoms with Gasteiger partial charge in [-0.3, -0.25) is 0 Å². The third kappa shape index (κ3) is 4.17. The van der Waals surface area contributed by atoms with Crippen LogP contribution in [-0.4, -0.2) is 51.9 Å². The Hall–Kier alpha value is -3.42. The lowest BCUT2D eigenvalue weighted by molar-refractivity contribution is 0.838. The van der Waals surface area contributed by atoms with Crippen molar-refractivity contribution >= 4 is 24.1 Å². The van der Waals surface area contributed by atoms with Crippen molar-refractivity contribution in [1.29, 1.82) is 0 Å². The summed E-state index contributed by atoms with van der Waals surface area (Å²) in [4.78, 5) is 18.6. The topological polar surface area (TPSA) is 74.5 Å². The van der Waals surface area contributed by atoms with Gasteiger partial charge in [0.25, 0.3) is 0 Å². The summed E-state index contributed by atoms with van der Waals surface area (Å²) in [6, 6.07) is 12.5. The van der Waals surface area contributed by atoms with E-state index >= 15 is 0 Å². The minimum Gasteiger partial charge on any atom is -0.341 e. The molecule has 0 aliphatic carbocycles. The zero-order valence-electron chi connectivity index (χ0n) is 18.8. The lowest BCUT2D eigenvalue weighted by Gasteiger charge is -2.20. The highest BCUT2D eigenvalue weighted by atomic mass is 15.4. The van der Waals surface area contributed by atoms with Gasteiger partial charge < -0.3 is 14.4 Å². The maximum absolute atomic E-state index is 4.76. The molecule has 32 heavy (non-hydrogen) atoms. The van der Waals surface area contributed by atoms with Gasteiger partial charge in [0.05, 0.1) is 6.21 Å². The summed E-state index contributed by atoms with van der Waals surface area (Å²) in [5, 5.41) is 4.48.